The number of benzene rings is 2. The molecule has 28 heavy (non-hydrogen) atoms. The van der Waals surface area contributed by atoms with E-state index >= 15 is 0 Å². The average Bonchev–Trinajstić information content (AvgIpc) is 3.12. The van der Waals surface area contributed by atoms with Crippen molar-refractivity contribution in [3.63, 3.8) is 0 Å². The fourth-order valence-corrected chi connectivity index (χ4v) is 3.26. The minimum absolute atomic E-state index is 0.0794. The maximum atomic E-state index is 12.1. The molecular formula is C20H19Cl2N3O2S. The van der Waals surface area contributed by atoms with Crippen LogP contribution in [0.1, 0.15) is 26.3 Å². The van der Waals surface area contributed by atoms with Gasteiger partial charge in [0.25, 0.3) is 5.22 Å². The third kappa shape index (κ3) is 5.28. The Morgan fingerprint density at radius 1 is 1.07 bits per heavy atom. The van der Waals surface area contributed by atoms with E-state index in [-0.39, 0.29) is 17.1 Å². The molecule has 1 aromatic heterocycles. The molecule has 0 saturated carbocycles. The summed E-state index contributed by atoms with van der Waals surface area (Å²) in [6, 6.07) is 12.9. The highest BCUT2D eigenvalue weighted by Crippen LogP contribution is 2.28. The second-order valence-electron chi connectivity index (χ2n) is 7.17. The van der Waals surface area contributed by atoms with E-state index in [1.165, 1.54) is 17.3 Å². The van der Waals surface area contributed by atoms with Crippen molar-refractivity contribution in [1.29, 1.82) is 0 Å². The summed E-state index contributed by atoms with van der Waals surface area (Å²) in [5.74, 6) is 0.343. The molecule has 0 aliphatic heterocycles. The van der Waals surface area contributed by atoms with E-state index < -0.39 is 0 Å². The van der Waals surface area contributed by atoms with Gasteiger partial charge in [0.15, 0.2) is 0 Å². The van der Waals surface area contributed by atoms with E-state index in [4.69, 9.17) is 27.6 Å². The molecule has 0 bridgehead atoms. The summed E-state index contributed by atoms with van der Waals surface area (Å²) in [5.41, 5.74) is 2.72. The number of hydrogen-bond acceptors (Lipinski definition) is 5. The predicted octanol–water partition coefficient (Wildman–Crippen LogP) is 6.07. The van der Waals surface area contributed by atoms with Crippen LogP contribution in [0.3, 0.4) is 0 Å². The summed E-state index contributed by atoms with van der Waals surface area (Å²) in [7, 11) is 0. The second-order valence-corrected chi connectivity index (χ2v) is 8.91. The van der Waals surface area contributed by atoms with Crippen LogP contribution in [0, 0.1) is 0 Å². The molecule has 146 valence electrons. The van der Waals surface area contributed by atoms with Crippen molar-refractivity contribution in [2.45, 2.75) is 31.4 Å². The third-order valence-corrected chi connectivity index (χ3v) is 5.49. The fourth-order valence-electron chi connectivity index (χ4n) is 2.40. The summed E-state index contributed by atoms with van der Waals surface area (Å²) in [5, 5.41) is 11.9. The molecule has 0 fully saturated rings. The van der Waals surface area contributed by atoms with Gasteiger partial charge in [-0.25, -0.2) is 0 Å². The first kappa shape index (κ1) is 20.7. The Kier molecular flexibility index (Phi) is 6.33. The van der Waals surface area contributed by atoms with Gasteiger partial charge in [0.2, 0.25) is 11.8 Å². The highest BCUT2D eigenvalue weighted by Gasteiger charge is 2.15. The lowest BCUT2D eigenvalue weighted by molar-refractivity contribution is -0.113. The van der Waals surface area contributed by atoms with Crippen LogP contribution in [0.25, 0.3) is 11.5 Å². The first-order chi connectivity index (χ1) is 13.2. The average molecular weight is 436 g/mol. The van der Waals surface area contributed by atoms with Crippen molar-refractivity contribution in [1.82, 2.24) is 10.2 Å². The molecule has 8 heteroatoms. The molecule has 3 aromatic rings. The Morgan fingerprint density at radius 3 is 2.43 bits per heavy atom. The molecule has 5 nitrogen and oxygen atoms in total. The van der Waals surface area contributed by atoms with E-state index in [2.05, 4.69) is 48.4 Å². The molecule has 0 aliphatic carbocycles. The van der Waals surface area contributed by atoms with Crippen LogP contribution < -0.4 is 5.32 Å². The second kappa shape index (κ2) is 8.55. The summed E-state index contributed by atoms with van der Waals surface area (Å²) >= 11 is 13.0. The minimum Gasteiger partial charge on any atom is -0.411 e. The van der Waals surface area contributed by atoms with E-state index in [0.29, 0.717) is 26.8 Å². The quantitative estimate of drug-likeness (QED) is 0.492. The molecular weight excluding hydrogens is 417 g/mol. The summed E-state index contributed by atoms with van der Waals surface area (Å²) in [6.45, 7) is 6.48. The molecule has 1 N–H and O–H groups in total. The van der Waals surface area contributed by atoms with Gasteiger partial charge in [-0.3, -0.25) is 4.79 Å². The highest BCUT2D eigenvalue weighted by atomic mass is 35.5. The molecule has 0 saturated heterocycles. The van der Waals surface area contributed by atoms with Gasteiger partial charge in [0.05, 0.1) is 15.8 Å². The number of aromatic nitrogens is 2. The zero-order valence-corrected chi connectivity index (χ0v) is 18.0. The van der Waals surface area contributed by atoms with Crippen LogP contribution in [0.15, 0.2) is 52.1 Å². The summed E-state index contributed by atoms with van der Waals surface area (Å²) in [4.78, 5) is 12.1. The van der Waals surface area contributed by atoms with Gasteiger partial charge in [-0.15, -0.1) is 10.2 Å². The lowest BCUT2D eigenvalue weighted by Crippen LogP contribution is -2.13. The highest BCUT2D eigenvalue weighted by molar-refractivity contribution is 7.99. The SMILES string of the molecule is CC(C)(C)c1ccc(-c2nnc(SCC(=O)Nc3ccc(Cl)c(Cl)c3)o2)cc1. The topological polar surface area (TPSA) is 68.0 Å². The molecule has 2 aromatic carbocycles. The third-order valence-electron chi connectivity index (χ3n) is 3.93. The van der Waals surface area contributed by atoms with Gasteiger partial charge in [0, 0.05) is 11.3 Å². The summed E-state index contributed by atoms with van der Waals surface area (Å²) in [6.07, 6.45) is 0. The van der Waals surface area contributed by atoms with Crippen molar-refractivity contribution in [2.24, 2.45) is 0 Å². The smallest absolute Gasteiger partial charge is 0.277 e. The number of hydrogen-bond donors (Lipinski definition) is 1. The normalized spacial score (nSPS) is 11.5. The molecule has 0 unspecified atom stereocenters. The first-order valence-corrected chi connectivity index (χ1v) is 10.3. The van der Waals surface area contributed by atoms with Crippen LogP contribution >= 0.6 is 35.0 Å². The van der Waals surface area contributed by atoms with Crippen molar-refractivity contribution in [3.8, 4) is 11.5 Å². The predicted molar refractivity (Wildman–Crippen MR) is 114 cm³/mol. The maximum Gasteiger partial charge on any atom is 0.277 e. The zero-order valence-electron chi connectivity index (χ0n) is 15.6. The number of halogens is 2. The number of thioether (sulfide) groups is 1. The van der Waals surface area contributed by atoms with Crippen LogP contribution in [-0.2, 0) is 10.2 Å². The van der Waals surface area contributed by atoms with Crippen molar-refractivity contribution in [2.75, 3.05) is 11.1 Å². The zero-order chi connectivity index (χ0) is 20.3. The van der Waals surface area contributed by atoms with Gasteiger partial charge >= 0.3 is 0 Å². The van der Waals surface area contributed by atoms with Crippen molar-refractivity contribution >= 4 is 46.6 Å². The van der Waals surface area contributed by atoms with E-state index in [0.717, 1.165) is 5.56 Å². The molecule has 0 aliphatic rings. The van der Waals surface area contributed by atoms with Crippen molar-refractivity contribution < 1.29 is 9.21 Å². The Labute approximate surface area is 177 Å². The van der Waals surface area contributed by atoms with Crippen LogP contribution in [0.2, 0.25) is 10.0 Å². The van der Waals surface area contributed by atoms with Gasteiger partial charge < -0.3 is 9.73 Å². The number of rotatable bonds is 5. The monoisotopic (exact) mass is 435 g/mol. The van der Waals surface area contributed by atoms with E-state index in [9.17, 15) is 4.79 Å². The fraction of sp³-hybridized carbons (Fsp3) is 0.250. The summed E-state index contributed by atoms with van der Waals surface area (Å²) < 4.78 is 5.65. The van der Waals surface area contributed by atoms with Crippen LogP contribution in [-0.4, -0.2) is 21.9 Å². The minimum atomic E-state index is -0.210. The standard InChI is InChI=1S/C20H19Cl2N3O2S/c1-20(2,3)13-6-4-12(5-7-13)18-24-25-19(27-18)28-11-17(26)23-14-8-9-15(21)16(22)10-14/h4-10H,11H2,1-3H3,(H,23,26). The van der Waals surface area contributed by atoms with E-state index in [1.807, 2.05) is 12.1 Å². The van der Waals surface area contributed by atoms with Gasteiger partial charge in [-0.05, 0) is 41.3 Å². The lowest BCUT2D eigenvalue weighted by Gasteiger charge is -2.18. The van der Waals surface area contributed by atoms with Crippen molar-refractivity contribution in [3.05, 3.63) is 58.1 Å². The number of anilines is 1. The number of amides is 1. The number of nitrogens with zero attached hydrogens (tertiary/aromatic N) is 2. The number of carbonyl (C=O) groups excluding carboxylic acids is 1. The molecule has 0 atom stereocenters. The van der Waals surface area contributed by atoms with Gasteiger partial charge in [0.1, 0.15) is 0 Å². The Bertz CT molecular complexity index is 982. The molecule has 1 amide bonds. The first-order valence-electron chi connectivity index (χ1n) is 8.54. The Morgan fingerprint density at radius 2 is 1.79 bits per heavy atom. The maximum absolute atomic E-state index is 12.1. The molecule has 0 spiro atoms. The van der Waals surface area contributed by atoms with E-state index in [1.54, 1.807) is 18.2 Å². The number of nitrogens with one attached hydrogen (secondary N) is 1. The largest absolute Gasteiger partial charge is 0.411 e. The molecule has 3 rings (SSSR count). The van der Waals surface area contributed by atoms with Gasteiger partial charge in [-0.1, -0.05) is 67.9 Å². The number of carbonyl (C=O) groups is 1. The Balaban J connectivity index is 1.58. The molecule has 1 heterocycles. The molecule has 0 radical (unpaired) electrons. The van der Waals surface area contributed by atoms with Gasteiger partial charge in [-0.2, -0.15) is 0 Å². The van der Waals surface area contributed by atoms with Crippen LogP contribution in [0.4, 0.5) is 5.69 Å². The van der Waals surface area contributed by atoms with Crippen LogP contribution in [0.5, 0.6) is 0 Å². The lowest BCUT2D eigenvalue weighted by atomic mass is 9.87. The Hall–Kier alpha value is -2.02.